The van der Waals surface area contributed by atoms with E-state index in [1.54, 1.807) is 11.8 Å². The Hall–Kier alpha value is -2.77. The quantitative estimate of drug-likeness (QED) is 0.538. The number of hydrogen-bond donors (Lipinski definition) is 0. The maximum absolute atomic E-state index is 13.1. The Balaban J connectivity index is 1.31. The number of amides is 2. The van der Waals surface area contributed by atoms with Crippen molar-refractivity contribution in [2.24, 2.45) is 0 Å². The van der Waals surface area contributed by atoms with Gasteiger partial charge < -0.3 is 19.1 Å². The van der Waals surface area contributed by atoms with Crippen molar-refractivity contribution in [3.8, 4) is 0 Å². The highest BCUT2D eigenvalue weighted by molar-refractivity contribution is 8.00. The lowest BCUT2D eigenvalue weighted by atomic mass is 10.2. The molecular formula is C26H29N3O3S. The molecule has 0 aliphatic carbocycles. The van der Waals surface area contributed by atoms with Crippen molar-refractivity contribution in [3.63, 3.8) is 0 Å². The third kappa shape index (κ3) is 4.52. The molecule has 7 heteroatoms. The second-order valence-electron chi connectivity index (χ2n) is 8.91. The summed E-state index contributed by atoms with van der Waals surface area (Å²) >= 11 is 1.55. The Morgan fingerprint density at radius 3 is 2.55 bits per heavy atom. The van der Waals surface area contributed by atoms with Crippen LogP contribution in [0, 0.1) is 0 Å². The molecule has 3 heterocycles. The number of benzene rings is 2. The van der Waals surface area contributed by atoms with Gasteiger partial charge in [0.15, 0.2) is 0 Å². The molecule has 0 unspecified atom stereocenters. The highest BCUT2D eigenvalue weighted by atomic mass is 32.2. The first kappa shape index (κ1) is 22.0. The summed E-state index contributed by atoms with van der Waals surface area (Å²) in [4.78, 5) is 30.9. The number of morpholine rings is 1. The van der Waals surface area contributed by atoms with Crippen molar-refractivity contribution >= 4 is 40.2 Å². The minimum atomic E-state index is 0.0481. The number of rotatable bonds is 5. The number of hydrogen-bond acceptors (Lipinski definition) is 4. The van der Waals surface area contributed by atoms with E-state index < -0.39 is 0 Å². The molecule has 0 bridgehead atoms. The van der Waals surface area contributed by atoms with Crippen LogP contribution in [0.3, 0.4) is 0 Å². The molecule has 172 valence electrons. The van der Waals surface area contributed by atoms with Gasteiger partial charge in [0.05, 0.1) is 18.0 Å². The fourth-order valence-corrected chi connectivity index (χ4v) is 5.87. The Bertz CT molecular complexity index is 1180. The van der Waals surface area contributed by atoms with Gasteiger partial charge in [0.25, 0.3) is 0 Å². The first-order valence-electron chi connectivity index (χ1n) is 11.5. The fraction of sp³-hybridized carbons (Fsp3) is 0.385. The second kappa shape index (κ2) is 9.23. The van der Waals surface area contributed by atoms with Crippen molar-refractivity contribution in [2.45, 2.75) is 43.9 Å². The topological polar surface area (TPSA) is 54.8 Å². The van der Waals surface area contributed by atoms with Crippen LogP contribution in [-0.2, 0) is 27.3 Å². The molecule has 0 saturated carbocycles. The number of carbonyl (C=O) groups excluding carboxylic acids is 2. The molecule has 2 aliphatic heterocycles. The van der Waals surface area contributed by atoms with Gasteiger partial charge >= 0.3 is 0 Å². The smallest absolute Gasteiger partial charge is 0.242 e. The number of aromatic nitrogens is 1. The Morgan fingerprint density at radius 1 is 1.00 bits per heavy atom. The standard InChI is InChI=1S/C26H29N3O3S/c1-18-13-28(14-19(2)32-18)25(30)16-27-15-24(21-8-4-6-10-23(21)27)33-17-26(31)29-12-11-20-7-3-5-9-22(20)29/h3-10,15,18-19H,11-14,16-17H2,1-2H3/t18-,19-/m1/s1. The maximum Gasteiger partial charge on any atom is 0.242 e. The molecular weight excluding hydrogens is 434 g/mol. The van der Waals surface area contributed by atoms with Crippen molar-refractivity contribution in [1.29, 1.82) is 0 Å². The molecule has 0 spiro atoms. The van der Waals surface area contributed by atoms with E-state index in [2.05, 4.69) is 12.1 Å². The molecule has 2 atom stereocenters. The van der Waals surface area contributed by atoms with E-state index in [1.165, 1.54) is 5.56 Å². The van der Waals surface area contributed by atoms with Gasteiger partial charge in [-0.1, -0.05) is 36.4 Å². The average Bonchev–Trinajstić information content (AvgIpc) is 3.39. The first-order chi connectivity index (χ1) is 16.0. The van der Waals surface area contributed by atoms with E-state index in [1.807, 2.05) is 70.8 Å². The molecule has 0 radical (unpaired) electrons. The summed E-state index contributed by atoms with van der Waals surface area (Å²) in [6.45, 7) is 6.28. The Morgan fingerprint density at radius 2 is 1.73 bits per heavy atom. The second-order valence-corrected chi connectivity index (χ2v) is 9.92. The van der Waals surface area contributed by atoms with Crippen LogP contribution >= 0.6 is 11.8 Å². The van der Waals surface area contributed by atoms with Crippen molar-refractivity contribution in [3.05, 3.63) is 60.3 Å². The predicted octanol–water partition coefficient (Wildman–Crippen LogP) is 3.96. The highest BCUT2D eigenvalue weighted by Crippen LogP contribution is 2.32. The first-order valence-corrected chi connectivity index (χ1v) is 12.5. The molecule has 0 N–H and O–H groups in total. The zero-order valence-electron chi connectivity index (χ0n) is 19.1. The molecule has 1 aromatic heterocycles. The summed E-state index contributed by atoms with van der Waals surface area (Å²) in [5.41, 5.74) is 3.28. The molecule has 33 heavy (non-hydrogen) atoms. The van der Waals surface area contributed by atoms with Crippen LogP contribution in [0.1, 0.15) is 19.4 Å². The summed E-state index contributed by atoms with van der Waals surface area (Å²) in [5.74, 6) is 0.586. The number of para-hydroxylation sites is 2. The van der Waals surface area contributed by atoms with E-state index in [-0.39, 0.29) is 30.6 Å². The van der Waals surface area contributed by atoms with Gasteiger partial charge in [0.2, 0.25) is 11.8 Å². The molecule has 1 fully saturated rings. The van der Waals surface area contributed by atoms with Crippen LogP contribution in [0.15, 0.2) is 59.6 Å². The van der Waals surface area contributed by atoms with Crippen molar-refractivity contribution in [1.82, 2.24) is 9.47 Å². The lowest BCUT2D eigenvalue weighted by molar-refractivity contribution is -0.143. The summed E-state index contributed by atoms with van der Waals surface area (Å²) in [6.07, 6.45) is 3.03. The molecule has 2 aliphatic rings. The van der Waals surface area contributed by atoms with E-state index in [0.717, 1.165) is 34.5 Å². The molecule has 6 nitrogen and oxygen atoms in total. The lowest BCUT2D eigenvalue weighted by Gasteiger charge is -2.35. The van der Waals surface area contributed by atoms with E-state index >= 15 is 0 Å². The molecule has 2 amide bonds. The maximum atomic E-state index is 13.1. The number of ether oxygens (including phenoxy) is 1. The van der Waals surface area contributed by atoms with Crippen LogP contribution in [0.4, 0.5) is 5.69 Å². The third-order valence-electron chi connectivity index (χ3n) is 6.37. The van der Waals surface area contributed by atoms with Gasteiger partial charge in [0, 0.05) is 47.3 Å². The number of nitrogens with zero attached hydrogens (tertiary/aromatic N) is 3. The van der Waals surface area contributed by atoms with Crippen LogP contribution in [0.25, 0.3) is 10.9 Å². The minimum absolute atomic E-state index is 0.0481. The van der Waals surface area contributed by atoms with Gasteiger partial charge in [-0.2, -0.15) is 0 Å². The van der Waals surface area contributed by atoms with Crippen LogP contribution in [0.5, 0.6) is 0 Å². The number of thioether (sulfide) groups is 1. The molecule has 1 saturated heterocycles. The zero-order valence-corrected chi connectivity index (χ0v) is 19.9. The minimum Gasteiger partial charge on any atom is -0.372 e. The largest absolute Gasteiger partial charge is 0.372 e. The number of fused-ring (bicyclic) bond motifs is 2. The number of carbonyl (C=O) groups is 2. The number of anilines is 1. The summed E-state index contributed by atoms with van der Waals surface area (Å²) in [6, 6.07) is 16.2. The van der Waals surface area contributed by atoms with Crippen molar-refractivity contribution < 1.29 is 14.3 Å². The van der Waals surface area contributed by atoms with E-state index in [4.69, 9.17) is 4.74 Å². The summed E-state index contributed by atoms with van der Waals surface area (Å²) in [5, 5.41) is 1.08. The Kier molecular flexibility index (Phi) is 6.17. The monoisotopic (exact) mass is 463 g/mol. The lowest BCUT2D eigenvalue weighted by Crippen LogP contribution is -2.49. The molecule has 2 aromatic carbocycles. The third-order valence-corrected chi connectivity index (χ3v) is 7.40. The Labute approximate surface area is 198 Å². The van der Waals surface area contributed by atoms with Crippen LogP contribution < -0.4 is 4.90 Å². The van der Waals surface area contributed by atoms with Gasteiger partial charge in [-0.15, -0.1) is 11.8 Å². The average molecular weight is 464 g/mol. The van der Waals surface area contributed by atoms with Gasteiger partial charge in [-0.05, 0) is 38.0 Å². The summed E-state index contributed by atoms with van der Waals surface area (Å²) in [7, 11) is 0. The summed E-state index contributed by atoms with van der Waals surface area (Å²) < 4.78 is 7.78. The predicted molar refractivity (Wildman–Crippen MR) is 132 cm³/mol. The zero-order chi connectivity index (χ0) is 22.9. The van der Waals surface area contributed by atoms with Gasteiger partial charge in [0.1, 0.15) is 6.54 Å². The van der Waals surface area contributed by atoms with Gasteiger partial charge in [-0.3, -0.25) is 9.59 Å². The van der Waals surface area contributed by atoms with E-state index in [9.17, 15) is 9.59 Å². The fourth-order valence-electron chi connectivity index (χ4n) is 4.90. The van der Waals surface area contributed by atoms with Gasteiger partial charge in [-0.25, -0.2) is 0 Å². The normalized spacial score (nSPS) is 20.3. The van der Waals surface area contributed by atoms with Crippen LogP contribution in [-0.4, -0.2) is 58.9 Å². The van der Waals surface area contributed by atoms with E-state index in [0.29, 0.717) is 18.8 Å². The highest BCUT2D eigenvalue weighted by Gasteiger charge is 2.27. The van der Waals surface area contributed by atoms with Crippen molar-refractivity contribution in [2.75, 3.05) is 30.3 Å². The van der Waals surface area contributed by atoms with Crippen LogP contribution in [0.2, 0.25) is 0 Å². The molecule has 5 rings (SSSR count). The molecule has 3 aromatic rings. The SMILES string of the molecule is C[C@@H]1CN(C(=O)Cn2cc(SCC(=O)N3CCc4ccccc43)c3ccccc32)C[C@@H](C)O1.